The molecule has 0 saturated carbocycles. The summed E-state index contributed by atoms with van der Waals surface area (Å²) in [7, 11) is 0. The maximum absolute atomic E-state index is 12.5. The molecule has 1 heterocycles. The molecule has 0 bridgehead atoms. The summed E-state index contributed by atoms with van der Waals surface area (Å²) >= 11 is 0. The van der Waals surface area contributed by atoms with Gasteiger partial charge in [-0.25, -0.2) is 4.98 Å². The van der Waals surface area contributed by atoms with Gasteiger partial charge in [0.15, 0.2) is 0 Å². The van der Waals surface area contributed by atoms with Gasteiger partial charge < -0.3 is 5.32 Å². The van der Waals surface area contributed by atoms with E-state index in [1.54, 1.807) is 0 Å². The molecule has 0 unspecified atom stereocenters. The molecule has 1 amide bonds. The van der Waals surface area contributed by atoms with Gasteiger partial charge >= 0.3 is 0 Å². The van der Waals surface area contributed by atoms with Crippen LogP contribution >= 0.6 is 0 Å². The van der Waals surface area contributed by atoms with Crippen molar-refractivity contribution >= 4 is 22.5 Å². The Bertz CT molecular complexity index is 1030. The summed E-state index contributed by atoms with van der Waals surface area (Å²) in [5.41, 5.74) is 0.915. The van der Waals surface area contributed by atoms with Crippen molar-refractivity contribution in [3.05, 3.63) is 80.9 Å². The van der Waals surface area contributed by atoms with Crippen molar-refractivity contribution in [1.82, 2.24) is 14.9 Å². The Hall–Kier alpha value is -3.55. The Morgan fingerprint density at radius 1 is 1.19 bits per heavy atom. The predicted octanol–water partition coefficient (Wildman–Crippen LogP) is 2.40. The topological polar surface area (TPSA) is 107 Å². The number of rotatable bonds is 7. The number of hydrogen-bond acceptors (Lipinski definition) is 5. The molecule has 27 heavy (non-hydrogen) atoms. The van der Waals surface area contributed by atoms with Gasteiger partial charge in [-0.1, -0.05) is 30.3 Å². The number of carbonyl (C=O) groups is 1. The molecule has 8 heteroatoms. The number of nitro groups is 1. The van der Waals surface area contributed by atoms with Crippen molar-refractivity contribution < 1.29 is 9.72 Å². The number of hydrogen-bond donors (Lipinski definition) is 1. The lowest BCUT2D eigenvalue weighted by Crippen LogP contribution is -2.24. The van der Waals surface area contributed by atoms with Crippen molar-refractivity contribution in [3.8, 4) is 0 Å². The van der Waals surface area contributed by atoms with E-state index in [9.17, 15) is 19.7 Å². The minimum Gasteiger partial charge on any atom is -0.352 e. The maximum atomic E-state index is 12.5. The van der Waals surface area contributed by atoms with Crippen LogP contribution in [-0.4, -0.2) is 20.4 Å². The zero-order valence-corrected chi connectivity index (χ0v) is 14.5. The van der Waals surface area contributed by atoms with Gasteiger partial charge in [-0.3, -0.25) is 24.3 Å². The third-order valence-corrected chi connectivity index (χ3v) is 4.15. The minimum atomic E-state index is -0.548. The second-order valence-electron chi connectivity index (χ2n) is 6.07. The highest BCUT2D eigenvalue weighted by molar-refractivity contribution is 5.79. The highest BCUT2D eigenvalue weighted by Crippen LogP contribution is 2.16. The first-order valence-corrected chi connectivity index (χ1v) is 8.49. The van der Waals surface area contributed by atoms with Gasteiger partial charge in [0.25, 0.3) is 11.2 Å². The molecule has 3 aromatic rings. The van der Waals surface area contributed by atoms with Crippen LogP contribution in [0.5, 0.6) is 0 Å². The fourth-order valence-corrected chi connectivity index (χ4v) is 2.71. The van der Waals surface area contributed by atoms with E-state index >= 15 is 0 Å². The molecule has 0 aliphatic heterocycles. The lowest BCUT2D eigenvalue weighted by molar-refractivity contribution is -0.384. The third-order valence-electron chi connectivity index (χ3n) is 4.15. The molecular weight excluding hydrogens is 348 g/mol. The van der Waals surface area contributed by atoms with E-state index in [4.69, 9.17) is 0 Å². The molecule has 0 fully saturated rings. The summed E-state index contributed by atoms with van der Waals surface area (Å²) in [4.78, 5) is 38.9. The van der Waals surface area contributed by atoms with E-state index in [1.807, 2.05) is 30.3 Å². The second-order valence-corrected chi connectivity index (χ2v) is 6.07. The normalized spacial score (nSPS) is 10.7. The Balaban J connectivity index is 1.60. The van der Waals surface area contributed by atoms with Crippen LogP contribution in [-0.2, 0) is 17.9 Å². The first-order chi connectivity index (χ1) is 13.0. The molecule has 1 aromatic heterocycles. The molecule has 2 aromatic carbocycles. The molecule has 0 atom stereocenters. The van der Waals surface area contributed by atoms with Crippen LogP contribution in [0.4, 0.5) is 5.69 Å². The van der Waals surface area contributed by atoms with Crippen molar-refractivity contribution in [1.29, 1.82) is 0 Å². The lowest BCUT2D eigenvalue weighted by atomic mass is 10.2. The Morgan fingerprint density at radius 2 is 1.96 bits per heavy atom. The SMILES string of the molecule is O=C(CCCn1cnc2ccc([N+](=O)[O-])cc2c1=O)NCc1ccccc1. The summed E-state index contributed by atoms with van der Waals surface area (Å²) in [6.45, 7) is 0.768. The molecular formula is C19H18N4O4. The number of aryl methyl sites for hydroxylation is 1. The maximum Gasteiger partial charge on any atom is 0.270 e. The van der Waals surface area contributed by atoms with E-state index in [0.29, 0.717) is 25.0 Å². The molecule has 0 aliphatic rings. The fraction of sp³-hybridized carbons (Fsp3) is 0.211. The molecule has 3 rings (SSSR count). The number of aromatic nitrogens is 2. The van der Waals surface area contributed by atoms with Crippen LogP contribution in [0.3, 0.4) is 0 Å². The Kier molecular flexibility index (Phi) is 5.55. The van der Waals surface area contributed by atoms with E-state index in [-0.39, 0.29) is 29.0 Å². The number of nitrogens with one attached hydrogen (secondary N) is 1. The van der Waals surface area contributed by atoms with E-state index in [0.717, 1.165) is 5.56 Å². The third kappa shape index (κ3) is 4.55. The van der Waals surface area contributed by atoms with Gasteiger partial charge in [-0.05, 0) is 18.1 Å². The van der Waals surface area contributed by atoms with Gasteiger partial charge in [0.2, 0.25) is 5.91 Å². The first-order valence-electron chi connectivity index (χ1n) is 8.49. The Morgan fingerprint density at radius 3 is 2.70 bits per heavy atom. The van der Waals surface area contributed by atoms with Gasteiger partial charge in [0.1, 0.15) is 0 Å². The number of nitro benzene ring substituents is 1. The monoisotopic (exact) mass is 366 g/mol. The van der Waals surface area contributed by atoms with Crippen LogP contribution in [0, 0.1) is 10.1 Å². The average Bonchev–Trinajstić information content (AvgIpc) is 2.68. The zero-order valence-electron chi connectivity index (χ0n) is 14.5. The summed E-state index contributed by atoms with van der Waals surface area (Å²) in [6.07, 6.45) is 2.13. The summed E-state index contributed by atoms with van der Waals surface area (Å²) in [6, 6.07) is 13.6. The highest BCUT2D eigenvalue weighted by Gasteiger charge is 2.11. The van der Waals surface area contributed by atoms with Gasteiger partial charge in [0, 0.05) is 31.6 Å². The van der Waals surface area contributed by atoms with Gasteiger partial charge in [-0.15, -0.1) is 0 Å². The van der Waals surface area contributed by atoms with Crippen LogP contribution < -0.4 is 10.9 Å². The van der Waals surface area contributed by atoms with Crippen molar-refractivity contribution in [2.24, 2.45) is 0 Å². The standard InChI is InChI=1S/C19H18N4O4/c24-18(20-12-14-5-2-1-3-6-14)7-4-10-22-13-21-17-9-8-15(23(26)27)11-16(17)19(22)25/h1-3,5-6,8-9,11,13H,4,7,10,12H2,(H,20,24). The number of amides is 1. The smallest absolute Gasteiger partial charge is 0.270 e. The molecule has 8 nitrogen and oxygen atoms in total. The van der Waals surface area contributed by atoms with Gasteiger partial charge in [0.05, 0.1) is 22.2 Å². The number of benzene rings is 2. The average molecular weight is 366 g/mol. The van der Waals surface area contributed by atoms with Crippen molar-refractivity contribution in [2.45, 2.75) is 25.9 Å². The largest absolute Gasteiger partial charge is 0.352 e. The highest BCUT2D eigenvalue weighted by atomic mass is 16.6. The van der Waals surface area contributed by atoms with Gasteiger partial charge in [-0.2, -0.15) is 0 Å². The van der Waals surface area contributed by atoms with Crippen LogP contribution in [0.1, 0.15) is 18.4 Å². The number of fused-ring (bicyclic) bond motifs is 1. The number of carbonyl (C=O) groups excluding carboxylic acids is 1. The number of nitrogens with zero attached hydrogens (tertiary/aromatic N) is 3. The van der Waals surface area contributed by atoms with E-state index in [2.05, 4.69) is 10.3 Å². The minimum absolute atomic E-state index is 0.101. The lowest BCUT2D eigenvalue weighted by Gasteiger charge is -2.08. The quantitative estimate of drug-likeness (QED) is 0.510. The van der Waals surface area contributed by atoms with E-state index in [1.165, 1.54) is 29.1 Å². The molecule has 0 spiro atoms. The molecule has 1 N–H and O–H groups in total. The van der Waals surface area contributed by atoms with Crippen molar-refractivity contribution in [3.63, 3.8) is 0 Å². The molecule has 0 aliphatic carbocycles. The predicted molar refractivity (Wildman–Crippen MR) is 100 cm³/mol. The molecule has 0 radical (unpaired) electrons. The summed E-state index contributed by atoms with van der Waals surface area (Å²) in [5, 5.41) is 13.9. The fourth-order valence-electron chi connectivity index (χ4n) is 2.71. The van der Waals surface area contributed by atoms with Crippen molar-refractivity contribution in [2.75, 3.05) is 0 Å². The zero-order chi connectivity index (χ0) is 19.2. The Labute approximate surface area is 154 Å². The number of non-ortho nitro benzene ring substituents is 1. The van der Waals surface area contributed by atoms with Crippen LogP contribution in [0.2, 0.25) is 0 Å². The molecule has 0 saturated heterocycles. The molecule has 138 valence electrons. The first kappa shape index (κ1) is 18.2. The van der Waals surface area contributed by atoms with Crippen LogP contribution in [0.15, 0.2) is 59.7 Å². The van der Waals surface area contributed by atoms with Crippen LogP contribution in [0.25, 0.3) is 10.9 Å². The summed E-state index contributed by atoms with van der Waals surface area (Å²) in [5.74, 6) is -0.101. The van der Waals surface area contributed by atoms with E-state index < -0.39 is 4.92 Å². The summed E-state index contributed by atoms with van der Waals surface area (Å²) < 4.78 is 1.37. The second kappa shape index (κ2) is 8.22.